The molecule has 4 heteroatoms. The average molecular weight is 298 g/mol. The van der Waals surface area contributed by atoms with Gasteiger partial charge in [0.15, 0.2) is 0 Å². The number of rotatable bonds is 10. The van der Waals surface area contributed by atoms with E-state index in [0.717, 1.165) is 18.8 Å². The average Bonchev–Trinajstić information content (AvgIpc) is 3.04. The molecule has 0 N–H and O–H groups in total. The number of unbranched alkanes of at least 4 members (excludes halogenated alkanes) is 5. The maximum absolute atomic E-state index is 11.1. The normalized spacial score (nSPS) is 25.0. The third kappa shape index (κ3) is 6.25. The van der Waals surface area contributed by atoms with Gasteiger partial charge in [-0.05, 0) is 12.3 Å². The van der Waals surface area contributed by atoms with E-state index >= 15 is 0 Å². The summed E-state index contributed by atoms with van der Waals surface area (Å²) in [5.74, 6) is 0.377. The first-order valence-corrected chi connectivity index (χ1v) is 8.65. The lowest BCUT2D eigenvalue weighted by atomic mass is 9.99. The molecule has 2 aliphatic rings. The third-order valence-corrected chi connectivity index (χ3v) is 4.80. The van der Waals surface area contributed by atoms with Crippen LogP contribution in [0.1, 0.15) is 77.0 Å². The first-order chi connectivity index (χ1) is 10.2. The van der Waals surface area contributed by atoms with Gasteiger partial charge < -0.3 is 14.2 Å². The Balaban J connectivity index is 1.39. The quantitative estimate of drug-likeness (QED) is 0.330. The molecule has 1 unspecified atom stereocenters. The molecule has 0 amide bonds. The van der Waals surface area contributed by atoms with Gasteiger partial charge >= 0.3 is 6.16 Å². The lowest BCUT2D eigenvalue weighted by Gasteiger charge is -2.12. The highest BCUT2D eigenvalue weighted by molar-refractivity contribution is 5.60. The van der Waals surface area contributed by atoms with Crippen molar-refractivity contribution in [1.82, 2.24) is 0 Å². The van der Waals surface area contributed by atoms with Crippen molar-refractivity contribution in [2.75, 3.05) is 13.7 Å². The van der Waals surface area contributed by atoms with E-state index in [2.05, 4.69) is 4.74 Å². The van der Waals surface area contributed by atoms with Crippen LogP contribution in [-0.2, 0) is 14.2 Å². The molecule has 2 fully saturated rings. The molecule has 1 saturated carbocycles. The number of methoxy groups -OCH3 is 1. The summed E-state index contributed by atoms with van der Waals surface area (Å²) in [7, 11) is 1.32. The fourth-order valence-electron chi connectivity index (χ4n) is 3.36. The Morgan fingerprint density at radius 2 is 1.71 bits per heavy atom. The summed E-state index contributed by atoms with van der Waals surface area (Å²) in [6, 6.07) is 0. The van der Waals surface area contributed by atoms with Gasteiger partial charge in [-0.2, -0.15) is 0 Å². The van der Waals surface area contributed by atoms with Crippen molar-refractivity contribution in [2.45, 2.75) is 82.8 Å². The summed E-state index contributed by atoms with van der Waals surface area (Å²) in [6.07, 6.45) is 15.1. The second-order valence-corrected chi connectivity index (χ2v) is 6.57. The minimum Gasteiger partial charge on any atom is -0.438 e. The van der Waals surface area contributed by atoms with Crippen molar-refractivity contribution in [2.24, 2.45) is 5.92 Å². The predicted octanol–water partition coefficient (Wildman–Crippen LogP) is 4.81. The summed E-state index contributed by atoms with van der Waals surface area (Å²) in [5.41, 5.74) is 0. The summed E-state index contributed by atoms with van der Waals surface area (Å²) in [5, 5.41) is 0. The molecule has 122 valence electrons. The molecule has 1 heterocycles. The van der Waals surface area contributed by atoms with Gasteiger partial charge in [0.2, 0.25) is 5.79 Å². The second kappa shape index (κ2) is 8.62. The summed E-state index contributed by atoms with van der Waals surface area (Å²) >= 11 is 0. The number of hydrogen-bond donors (Lipinski definition) is 0. The van der Waals surface area contributed by atoms with Crippen molar-refractivity contribution in [3.05, 3.63) is 0 Å². The van der Waals surface area contributed by atoms with E-state index in [1.54, 1.807) is 0 Å². The van der Waals surface area contributed by atoms with Crippen LogP contribution in [0.2, 0.25) is 0 Å². The Hall–Kier alpha value is -0.770. The zero-order valence-electron chi connectivity index (χ0n) is 13.4. The van der Waals surface area contributed by atoms with Gasteiger partial charge in [-0.3, -0.25) is 0 Å². The van der Waals surface area contributed by atoms with Crippen molar-refractivity contribution < 1.29 is 19.0 Å². The lowest BCUT2D eigenvalue weighted by Crippen LogP contribution is -2.21. The minimum absolute atomic E-state index is 0.517. The number of ether oxygens (including phenoxy) is 3. The van der Waals surface area contributed by atoms with E-state index in [1.165, 1.54) is 71.3 Å². The van der Waals surface area contributed by atoms with Crippen molar-refractivity contribution in [3.63, 3.8) is 0 Å². The van der Waals surface area contributed by atoms with Crippen molar-refractivity contribution >= 4 is 6.16 Å². The van der Waals surface area contributed by atoms with Gasteiger partial charge in [0.1, 0.15) is 6.61 Å². The molecule has 2 rings (SSSR count). The van der Waals surface area contributed by atoms with Crippen LogP contribution < -0.4 is 0 Å². The van der Waals surface area contributed by atoms with E-state index in [9.17, 15) is 4.79 Å². The molecule has 0 spiro atoms. The number of epoxide rings is 1. The Morgan fingerprint density at radius 3 is 2.33 bits per heavy atom. The Bertz CT molecular complexity index is 306. The molecule has 0 aromatic rings. The van der Waals surface area contributed by atoms with Crippen LogP contribution in [0.25, 0.3) is 0 Å². The Morgan fingerprint density at radius 1 is 1.10 bits per heavy atom. The number of hydrogen-bond acceptors (Lipinski definition) is 4. The molecule has 1 atom stereocenters. The highest BCUT2D eigenvalue weighted by Gasteiger charge is 2.49. The van der Waals surface area contributed by atoms with Gasteiger partial charge in [-0.15, -0.1) is 0 Å². The van der Waals surface area contributed by atoms with Gasteiger partial charge in [0.05, 0.1) is 7.11 Å². The molecule has 0 radical (unpaired) electrons. The smallest absolute Gasteiger partial charge is 0.438 e. The molecule has 1 aliphatic carbocycles. The van der Waals surface area contributed by atoms with E-state index in [1.807, 2.05) is 0 Å². The first kappa shape index (κ1) is 16.6. The third-order valence-electron chi connectivity index (χ3n) is 4.80. The summed E-state index contributed by atoms with van der Waals surface area (Å²) < 4.78 is 14.9. The largest absolute Gasteiger partial charge is 0.510 e. The van der Waals surface area contributed by atoms with E-state index < -0.39 is 11.9 Å². The topological polar surface area (TPSA) is 48.1 Å². The van der Waals surface area contributed by atoms with E-state index in [0.29, 0.717) is 6.61 Å². The van der Waals surface area contributed by atoms with Crippen LogP contribution >= 0.6 is 0 Å². The fourth-order valence-corrected chi connectivity index (χ4v) is 3.36. The SMILES string of the molecule is COC(=O)OC1(CCCCCCCCC2CCCC2)CO1. The lowest BCUT2D eigenvalue weighted by molar-refractivity contribution is -0.0324. The highest BCUT2D eigenvalue weighted by Crippen LogP contribution is 2.35. The van der Waals surface area contributed by atoms with Crippen LogP contribution in [0.15, 0.2) is 0 Å². The monoisotopic (exact) mass is 298 g/mol. The van der Waals surface area contributed by atoms with Crippen molar-refractivity contribution in [1.29, 1.82) is 0 Å². The Kier molecular flexibility index (Phi) is 6.81. The van der Waals surface area contributed by atoms with Crippen LogP contribution in [0.4, 0.5) is 4.79 Å². The molecule has 0 bridgehead atoms. The van der Waals surface area contributed by atoms with Crippen LogP contribution in [0, 0.1) is 5.92 Å². The summed E-state index contributed by atoms with van der Waals surface area (Å²) in [6.45, 7) is 0.517. The molecular formula is C17H30O4. The maximum Gasteiger partial charge on any atom is 0.510 e. The highest BCUT2D eigenvalue weighted by atomic mass is 16.8. The van der Waals surface area contributed by atoms with Crippen LogP contribution in [0.3, 0.4) is 0 Å². The maximum atomic E-state index is 11.1. The van der Waals surface area contributed by atoms with E-state index in [4.69, 9.17) is 9.47 Å². The number of carbonyl (C=O) groups is 1. The molecule has 21 heavy (non-hydrogen) atoms. The second-order valence-electron chi connectivity index (χ2n) is 6.57. The number of carbonyl (C=O) groups excluding carboxylic acids is 1. The van der Waals surface area contributed by atoms with E-state index in [-0.39, 0.29) is 0 Å². The first-order valence-electron chi connectivity index (χ1n) is 8.65. The molecule has 4 nitrogen and oxygen atoms in total. The van der Waals surface area contributed by atoms with Gasteiger partial charge in [-0.25, -0.2) is 4.79 Å². The standard InChI is InChI=1S/C17H30O4/c1-19-16(18)21-17(14-20-17)13-9-5-3-2-4-6-10-15-11-7-8-12-15/h15H,2-14H2,1H3. The molecule has 1 aliphatic heterocycles. The van der Waals surface area contributed by atoms with Gasteiger partial charge in [0.25, 0.3) is 0 Å². The molecule has 1 saturated heterocycles. The summed E-state index contributed by atoms with van der Waals surface area (Å²) in [4.78, 5) is 11.1. The van der Waals surface area contributed by atoms with Gasteiger partial charge in [0, 0.05) is 6.42 Å². The van der Waals surface area contributed by atoms with Gasteiger partial charge in [-0.1, -0.05) is 64.2 Å². The molecule has 0 aromatic carbocycles. The van der Waals surface area contributed by atoms with Crippen LogP contribution in [-0.4, -0.2) is 25.7 Å². The molecular weight excluding hydrogens is 268 g/mol. The van der Waals surface area contributed by atoms with Crippen LogP contribution in [0.5, 0.6) is 0 Å². The Labute approximate surface area is 128 Å². The molecule has 0 aromatic heterocycles. The zero-order chi connectivity index (χ0) is 15.0. The van der Waals surface area contributed by atoms with Crippen molar-refractivity contribution in [3.8, 4) is 0 Å². The minimum atomic E-state index is -0.657. The fraction of sp³-hybridized carbons (Fsp3) is 0.941. The predicted molar refractivity (Wildman–Crippen MR) is 81.1 cm³/mol. The zero-order valence-corrected chi connectivity index (χ0v) is 13.4.